The van der Waals surface area contributed by atoms with Crippen LogP contribution in [-0.4, -0.2) is 181 Å². The lowest BCUT2D eigenvalue weighted by atomic mass is 9.96. The zero-order chi connectivity index (χ0) is 99.0. The summed E-state index contributed by atoms with van der Waals surface area (Å²) < 4.78 is 40.0. The molecule has 754 valence electrons. The number of nitriles is 1. The molecule has 37 heteroatoms. The second kappa shape index (κ2) is 46.9. The fourth-order valence-electron chi connectivity index (χ4n) is 21.5. The summed E-state index contributed by atoms with van der Waals surface area (Å²) in [6.45, 7) is 19.3. The van der Waals surface area contributed by atoms with Crippen LogP contribution in [0.4, 0.5) is 0 Å². The number of aromatic nitrogens is 25. The predicted octanol–water partition coefficient (Wildman–Crippen LogP) is 16.0. The predicted molar refractivity (Wildman–Crippen MR) is 544 cm³/mol. The van der Waals surface area contributed by atoms with Crippen molar-refractivity contribution in [1.82, 2.24) is 123 Å². The van der Waals surface area contributed by atoms with Crippen molar-refractivity contribution < 1.29 is 23.7 Å². The Labute approximate surface area is 827 Å². The largest absolute Gasteiger partial charge is 0.490 e. The van der Waals surface area contributed by atoms with Gasteiger partial charge >= 0.3 is 0 Å². The van der Waals surface area contributed by atoms with E-state index in [0.717, 1.165) is 188 Å². The van der Waals surface area contributed by atoms with Gasteiger partial charge in [0, 0.05) is 94.9 Å². The first-order valence-corrected chi connectivity index (χ1v) is 52.0. The lowest BCUT2D eigenvalue weighted by Gasteiger charge is -2.29. The van der Waals surface area contributed by atoms with E-state index in [9.17, 15) is 34.0 Å². The molecule has 17 heterocycles. The maximum absolute atomic E-state index is 12.6. The molecule has 6 atom stereocenters. The molecule has 0 radical (unpaired) electrons. The molecule has 37 nitrogen and oxygen atoms in total. The summed E-state index contributed by atoms with van der Waals surface area (Å²) in [5.74, 6) is 7.10. The fraction of sp³-hybridized carbons (Fsp3) is 0.547. The Kier molecular flexibility index (Phi) is 32.8. The number of nitrogens with zero attached hydrogens (tertiary/aromatic N) is 20. The number of aromatic amines is 6. The molecule has 4 aliphatic heterocycles. The zero-order valence-electron chi connectivity index (χ0n) is 83.2. The van der Waals surface area contributed by atoms with E-state index in [1.54, 1.807) is 49.4 Å². The third-order valence-electron chi connectivity index (χ3n) is 29.4. The molecule has 0 amide bonds. The van der Waals surface area contributed by atoms with Crippen molar-refractivity contribution in [2.45, 2.75) is 308 Å². The molecule has 0 bridgehead atoms. The molecule has 13 aromatic heterocycles. The summed E-state index contributed by atoms with van der Waals surface area (Å²) in [4.78, 5) is 124. The molecule has 6 N–H and O–H groups in total. The van der Waals surface area contributed by atoms with Crippen molar-refractivity contribution in [3.8, 4) is 11.8 Å². The Morgan fingerprint density at radius 2 is 0.797 bits per heavy atom. The van der Waals surface area contributed by atoms with Crippen LogP contribution in [-0.2, 0) is 57.5 Å². The van der Waals surface area contributed by atoms with Crippen molar-refractivity contribution in [2.75, 3.05) is 39.6 Å². The van der Waals surface area contributed by atoms with Crippen molar-refractivity contribution >= 4 is 66.2 Å². The van der Waals surface area contributed by atoms with Crippen LogP contribution in [0.2, 0.25) is 0 Å². The van der Waals surface area contributed by atoms with Gasteiger partial charge < -0.3 is 53.6 Å². The lowest BCUT2D eigenvalue weighted by molar-refractivity contribution is 0.00411. The van der Waals surface area contributed by atoms with Gasteiger partial charge in [-0.25, -0.2) is 58.0 Å². The minimum absolute atomic E-state index is 0.0611. The topological polar surface area (TPSA) is 464 Å². The van der Waals surface area contributed by atoms with E-state index < -0.39 is 0 Å². The SMILES string of the molecule is CC(C)Cc1nc2c(cnn2C2CCOC(C)C2)c(=O)[nH]1.CC1COCCC1n1ncc2c(=O)[nH]c(CC3CCCC3)nc21.CCC(CC)Cc1nc2c(cnn2C2CCOC(C)C2)c(=O)[nH]1.N#Cc1ccccc1Cc1nc2c(cnn2C2CCCCC2)c(=O)[nH]1.O=c1[nH]c(Cc2ccccc2OC2CCCC2)nc2c1cnn2C1CCOCC1.O=c1[nH]c(Cc2ccccn2)nc2c1cnn2C1CCCC1. The van der Waals surface area contributed by atoms with Crippen LogP contribution in [0.3, 0.4) is 0 Å². The molecule has 6 unspecified atom stereocenters. The van der Waals surface area contributed by atoms with Crippen LogP contribution in [0.25, 0.3) is 66.2 Å². The fourth-order valence-corrected chi connectivity index (χ4v) is 21.5. The molecule has 143 heavy (non-hydrogen) atoms. The highest BCUT2D eigenvalue weighted by Gasteiger charge is 2.33. The van der Waals surface area contributed by atoms with E-state index in [1.807, 2.05) is 88.8 Å². The van der Waals surface area contributed by atoms with Gasteiger partial charge in [0.05, 0.1) is 110 Å². The van der Waals surface area contributed by atoms with E-state index in [-0.39, 0.29) is 69.7 Å². The first-order chi connectivity index (χ1) is 69.7. The number of pyridine rings is 1. The Morgan fingerprint density at radius 1 is 0.406 bits per heavy atom. The first kappa shape index (κ1) is 99.9. The van der Waals surface area contributed by atoms with Crippen molar-refractivity contribution in [2.24, 2.45) is 23.7 Å². The quantitative estimate of drug-likeness (QED) is 0.0367. The molecule has 23 rings (SSSR count). The van der Waals surface area contributed by atoms with Gasteiger partial charge in [-0.3, -0.25) is 33.8 Å². The molecule has 8 fully saturated rings. The van der Waals surface area contributed by atoms with Crippen molar-refractivity contribution in [3.63, 3.8) is 0 Å². The summed E-state index contributed by atoms with van der Waals surface area (Å²) in [5.41, 5.74) is 6.88. The van der Waals surface area contributed by atoms with Crippen LogP contribution in [0, 0.1) is 35.0 Å². The van der Waals surface area contributed by atoms with Gasteiger partial charge in [-0.05, 0) is 158 Å². The Balaban J connectivity index is 0.000000113. The number of nitrogens with one attached hydrogen (secondary N) is 6. The zero-order valence-corrected chi connectivity index (χ0v) is 83.2. The van der Waals surface area contributed by atoms with Crippen LogP contribution in [0.15, 0.2) is 139 Å². The van der Waals surface area contributed by atoms with Crippen LogP contribution < -0.4 is 38.1 Å². The molecule has 0 spiro atoms. The van der Waals surface area contributed by atoms with Gasteiger partial charge in [-0.2, -0.15) is 35.9 Å². The van der Waals surface area contributed by atoms with Gasteiger partial charge in [0.2, 0.25) is 0 Å². The maximum atomic E-state index is 12.6. The number of hydrogen-bond acceptors (Lipinski definition) is 25. The monoisotopic (exact) mass is 1950 g/mol. The number of rotatable bonds is 22. The summed E-state index contributed by atoms with van der Waals surface area (Å²) in [6.07, 6.45) is 45.0. The second-order valence-corrected chi connectivity index (χ2v) is 40.3. The Morgan fingerprint density at radius 3 is 1.28 bits per heavy atom. The molecule has 4 aliphatic carbocycles. The molecule has 15 aromatic rings. The number of hydrogen-bond donors (Lipinski definition) is 6. The van der Waals surface area contributed by atoms with Crippen LogP contribution in [0.5, 0.6) is 5.75 Å². The van der Waals surface area contributed by atoms with E-state index in [1.165, 1.54) is 70.6 Å². The van der Waals surface area contributed by atoms with Crippen LogP contribution >= 0.6 is 0 Å². The maximum Gasteiger partial charge on any atom is 0.262 e. The summed E-state index contributed by atoms with van der Waals surface area (Å²) in [7, 11) is 0. The third kappa shape index (κ3) is 24.2. The van der Waals surface area contributed by atoms with E-state index in [0.29, 0.717) is 158 Å². The summed E-state index contributed by atoms with van der Waals surface area (Å²) in [6, 6.07) is 25.0. The Hall–Kier alpha value is -13.2. The van der Waals surface area contributed by atoms with Crippen molar-refractivity contribution in [1.29, 1.82) is 5.26 Å². The van der Waals surface area contributed by atoms with Crippen molar-refractivity contribution in [3.05, 3.63) is 230 Å². The highest BCUT2D eigenvalue weighted by atomic mass is 16.5. The van der Waals surface area contributed by atoms with Gasteiger partial charge in [-0.15, -0.1) is 0 Å². The highest BCUT2D eigenvalue weighted by molar-refractivity contribution is 5.77. The summed E-state index contributed by atoms with van der Waals surface area (Å²) >= 11 is 0. The number of para-hydroxylation sites is 1. The molecule has 8 aliphatic rings. The average Bonchev–Trinajstić information content (AvgIpc) is 1.66. The second-order valence-electron chi connectivity index (χ2n) is 40.3. The minimum atomic E-state index is -0.170. The Bertz CT molecular complexity index is 7240. The number of ether oxygens (including phenoxy) is 5. The average molecular weight is 1950 g/mol. The van der Waals surface area contributed by atoms with Gasteiger partial charge in [0.1, 0.15) is 73.0 Å². The number of fused-ring (bicyclic) bond motifs is 6. The normalized spacial score (nSPS) is 20.0. The summed E-state index contributed by atoms with van der Waals surface area (Å²) in [5, 5.41) is 39.3. The smallest absolute Gasteiger partial charge is 0.262 e. The van der Waals surface area contributed by atoms with E-state index in [2.05, 4.69) is 135 Å². The molecular weight excluding hydrogens is 1810 g/mol. The van der Waals surface area contributed by atoms with E-state index >= 15 is 0 Å². The first-order valence-electron chi connectivity index (χ1n) is 52.0. The standard InChI is InChI=1S/C22H26N4O3.C19H19N5O.C17H24N4O2.C17H26N4O2.C16H17N5O.C15H22N4O2/c27-22-18-14-23-26(16-9-11-28-12-10-16)21(18)24-20(25-22)13-15-5-1-4-8-19(15)29-17-6-2-3-7-17;20-11-14-7-5-4-6-13(14)10-17-22-18-16(19(25)23-17)12-21-24(18)15-8-2-1-3-9-15;1-11-10-23-7-6-14(11)21-16-13(9-18-21)17(22)20-15(19-16)8-12-4-2-3-5-12;1-4-12(5-2)9-15-19-16-14(17(22)20-15)10-18-21(16)13-6-7-23-11(3)8-13;22-16-13-10-18-21(12-6-1-2-7-12)15(13)19-14(20-16)9-11-5-3-4-8-17-11;1-9(2)6-13-17-14-12(15(20)18-13)8-16-19(14)11-4-5-21-10(3)7-11/h1,4-5,8,14,16-17H,2-3,6-7,9-13H2,(H,24,25,27);4-7,12,15H,1-3,8-10H2,(H,22,23,25);9,11-12,14H,2-8,10H2,1H3,(H,19,20,22);10-13H,4-9H2,1-3H3,(H,19,20,22);3-5,8,10,12H,1-2,6-7,9H2,(H,19,20,22);8-11H,4-7H2,1-3H3,(H,17,18,20). The van der Waals surface area contributed by atoms with Gasteiger partial charge in [-0.1, -0.05) is 148 Å². The van der Waals surface area contributed by atoms with Crippen LogP contribution in [0.1, 0.15) is 309 Å². The van der Waals surface area contributed by atoms with Gasteiger partial charge in [0.25, 0.3) is 33.4 Å². The lowest BCUT2D eigenvalue weighted by Crippen LogP contribution is -2.29. The van der Waals surface area contributed by atoms with Gasteiger partial charge in [0.15, 0.2) is 33.9 Å². The highest BCUT2D eigenvalue weighted by Crippen LogP contribution is 2.37. The third-order valence-corrected chi connectivity index (χ3v) is 29.4. The molecule has 4 saturated heterocycles. The van der Waals surface area contributed by atoms with E-state index in [4.69, 9.17) is 38.6 Å². The number of benzene rings is 2. The minimum Gasteiger partial charge on any atom is -0.490 e. The molecule has 2 aromatic carbocycles. The number of H-pyrrole nitrogens is 6. The molecular formula is C106H134N26O11. The molecule has 4 saturated carbocycles.